The van der Waals surface area contributed by atoms with Gasteiger partial charge in [0.15, 0.2) is 0 Å². The molecular formula is C17H14ClNO3. The molecule has 0 aliphatic heterocycles. The van der Waals surface area contributed by atoms with Crippen molar-refractivity contribution < 1.29 is 14.6 Å². The van der Waals surface area contributed by atoms with Crippen LogP contribution in [0.15, 0.2) is 42.7 Å². The number of carbonyl (C=O) groups is 1. The van der Waals surface area contributed by atoms with Crippen molar-refractivity contribution in [3.8, 4) is 16.9 Å². The topological polar surface area (TPSA) is 50.9 Å². The number of hydrogen-bond acceptors (Lipinski definition) is 2. The van der Waals surface area contributed by atoms with Gasteiger partial charge in [0.05, 0.1) is 18.2 Å². The Morgan fingerprint density at radius 3 is 2.73 bits per heavy atom. The Hall–Kier alpha value is -2.46. The summed E-state index contributed by atoms with van der Waals surface area (Å²) >= 11 is 6.21. The number of aryl methyl sites for hydroxylation is 1. The van der Waals surface area contributed by atoms with Crippen LogP contribution in [-0.2, 0) is 0 Å². The number of nitrogens with zero attached hydrogens (tertiary/aromatic N) is 1. The standard InChI is InChI=1S/C17H14ClNO3/c1-10-7-15(22-2)11(8-13(10)18)12-9-19-6-4-3-5-14(19)16(12)17(20)21/h3-9H,1-2H3,(H,20,21). The first kappa shape index (κ1) is 14.5. The Labute approximate surface area is 132 Å². The molecule has 3 aromatic rings. The van der Waals surface area contributed by atoms with Crippen LogP contribution in [0, 0.1) is 6.92 Å². The monoisotopic (exact) mass is 315 g/mol. The Balaban J connectivity index is 2.38. The van der Waals surface area contributed by atoms with E-state index in [1.807, 2.05) is 31.3 Å². The molecule has 112 valence electrons. The molecule has 0 spiro atoms. The smallest absolute Gasteiger partial charge is 0.338 e. The van der Waals surface area contributed by atoms with Gasteiger partial charge in [0, 0.05) is 28.5 Å². The van der Waals surface area contributed by atoms with Gasteiger partial charge in [-0.2, -0.15) is 0 Å². The molecule has 0 atom stereocenters. The van der Waals surface area contributed by atoms with Gasteiger partial charge in [-0.15, -0.1) is 0 Å². The molecule has 5 heteroatoms. The average Bonchev–Trinajstić information content (AvgIpc) is 2.88. The molecule has 0 unspecified atom stereocenters. The summed E-state index contributed by atoms with van der Waals surface area (Å²) in [6.45, 7) is 1.88. The van der Waals surface area contributed by atoms with E-state index in [1.165, 1.54) is 0 Å². The molecular weight excluding hydrogens is 302 g/mol. The second-order valence-electron chi connectivity index (χ2n) is 5.02. The summed E-state index contributed by atoms with van der Waals surface area (Å²) in [6.07, 6.45) is 3.59. The Morgan fingerprint density at radius 1 is 1.27 bits per heavy atom. The summed E-state index contributed by atoms with van der Waals surface area (Å²) in [6, 6.07) is 8.99. The molecule has 0 aliphatic rings. The van der Waals surface area contributed by atoms with Crippen molar-refractivity contribution >= 4 is 23.1 Å². The molecule has 0 saturated heterocycles. The van der Waals surface area contributed by atoms with Crippen LogP contribution in [0.3, 0.4) is 0 Å². The van der Waals surface area contributed by atoms with Gasteiger partial charge in [-0.3, -0.25) is 0 Å². The minimum absolute atomic E-state index is 0.235. The summed E-state index contributed by atoms with van der Waals surface area (Å²) in [5, 5.41) is 10.2. The number of benzene rings is 1. The summed E-state index contributed by atoms with van der Waals surface area (Å²) in [7, 11) is 1.56. The molecule has 1 aromatic carbocycles. The second-order valence-corrected chi connectivity index (χ2v) is 5.42. The van der Waals surface area contributed by atoms with Gasteiger partial charge in [0.2, 0.25) is 0 Å². The molecule has 22 heavy (non-hydrogen) atoms. The van der Waals surface area contributed by atoms with Crippen molar-refractivity contribution in [2.45, 2.75) is 6.92 Å². The summed E-state index contributed by atoms with van der Waals surface area (Å²) in [5.41, 5.74) is 2.99. The fourth-order valence-electron chi connectivity index (χ4n) is 2.59. The zero-order valence-corrected chi connectivity index (χ0v) is 12.9. The first-order valence-corrected chi connectivity index (χ1v) is 7.08. The van der Waals surface area contributed by atoms with Crippen molar-refractivity contribution in [2.24, 2.45) is 0 Å². The van der Waals surface area contributed by atoms with Gasteiger partial charge in [0.1, 0.15) is 5.75 Å². The highest BCUT2D eigenvalue weighted by molar-refractivity contribution is 6.31. The number of carboxylic acid groups (broad SMARTS) is 1. The second kappa shape index (κ2) is 5.39. The highest BCUT2D eigenvalue weighted by atomic mass is 35.5. The lowest BCUT2D eigenvalue weighted by atomic mass is 10.0. The van der Waals surface area contributed by atoms with Crippen LogP contribution in [0.5, 0.6) is 5.75 Å². The first-order chi connectivity index (χ1) is 10.5. The minimum Gasteiger partial charge on any atom is -0.496 e. The van der Waals surface area contributed by atoms with Crippen molar-refractivity contribution in [3.63, 3.8) is 0 Å². The molecule has 4 nitrogen and oxygen atoms in total. The Morgan fingerprint density at radius 2 is 2.05 bits per heavy atom. The van der Waals surface area contributed by atoms with E-state index in [9.17, 15) is 9.90 Å². The van der Waals surface area contributed by atoms with Gasteiger partial charge < -0.3 is 14.2 Å². The Bertz CT molecular complexity index is 883. The molecule has 0 fully saturated rings. The van der Waals surface area contributed by atoms with Crippen LogP contribution in [0.25, 0.3) is 16.6 Å². The zero-order valence-electron chi connectivity index (χ0n) is 12.1. The minimum atomic E-state index is -0.984. The molecule has 2 aromatic heterocycles. The van der Waals surface area contributed by atoms with Crippen LogP contribution in [0.4, 0.5) is 0 Å². The first-order valence-electron chi connectivity index (χ1n) is 6.70. The SMILES string of the molecule is COc1cc(C)c(Cl)cc1-c1cn2ccccc2c1C(=O)O. The molecule has 0 amide bonds. The van der Waals surface area contributed by atoms with E-state index in [2.05, 4.69) is 0 Å². The lowest BCUT2D eigenvalue weighted by Crippen LogP contribution is -1.99. The molecule has 0 saturated carbocycles. The number of aromatic nitrogens is 1. The van der Waals surface area contributed by atoms with Crippen molar-refractivity contribution in [2.75, 3.05) is 7.11 Å². The number of ether oxygens (including phenoxy) is 1. The maximum Gasteiger partial charge on any atom is 0.338 e. The summed E-state index contributed by atoms with van der Waals surface area (Å²) in [5.74, 6) is -0.386. The normalized spacial score (nSPS) is 10.9. The third-order valence-corrected chi connectivity index (χ3v) is 4.08. The number of pyridine rings is 1. The van der Waals surface area contributed by atoms with Crippen molar-refractivity contribution in [1.82, 2.24) is 4.40 Å². The average molecular weight is 316 g/mol. The van der Waals surface area contributed by atoms with E-state index in [1.54, 1.807) is 29.8 Å². The number of hydrogen-bond donors (Lipinski definition) is 1. The predicted molar refractivity (Wildman–Crippen MR) is 86.1 cm³/mol. The van der Waals surface area contributed by atoms with Gasteiger partial charge in [-0.1, -0.05) is 17.7 Å². The molecule has 0 radical (unpaired) electrons. The van der Waals surface area contributed by atoms with Crippen molar-refractivity contribution in [3.05, 3.63) is 58.9 Å². The number of fused-ring (bicyclic) bond motifs is 1. The molecule has 0 aliphatic carbocycles. The number of rotatable bonds is 3. The fourth-order valence-corrected chi connectivity index (χ4v) is 2.75. The highest BCUT2D eigenvalue weighted by Gasteiger charge is 2.21. The molecule has 1 N–H and O–H groups in total. The van der Waals surface area contributed by atoms with E-state index in [0.717, 1.165) is 5.56 Å². The van der Waals surface area contributed by atoms with Crippen LogP contribution >= 0.6 is 11.6 Å². The quantitative estimate of drug-likeness (QED) is 0.785. The number of aromatic carboxylic acids is 1. The van der Waals surface area contributed by atoms with Crippen LogP contribution in [-0.4, -0.2) is 22.6 Å². The third-order valence-electron chi connectivity index (χ3n) is 3.67. The van der Waals surface area contributed by atoms with E-state index in [-0.39, 0.29) is 5.56 Å². The van der Waals surface area contributed by atoms with Gasteiger partial charge >= 0.3 is 5.97 Å². The van der Waals surface area contributed by atoms with Crippen LogP contribution < -0.4 is 4.74 Å². The van der Waals surface area contributed by atoms with Gasteiger partial charge in [-0.05, 0) is 36.8 Å². The lowest BCUT2D eigenvalue weighted by molar-refractivity contribution is 0.0700. The predicted octanol–water partition coefficient (Wildman–Crippen LogP) is 4.27. The molecule has 2 heterocycles. The van der Waals surface area contributed by atoms with Gasteiger partial charge in [0.25, 0.3) is 0 Å². The Kier molecular flexibility index (Phi) is 3.54. The third kappa shape index (κ3) is 2.22. The van der Waals surface area contributed by atoms with Crippen LogP contribution in [0.1, 0.15) is 15.9 Å². The number of carboxylic acids is 1. The van der Waals surface area contributed by atoms with E-state index in [0.29, 0.717) is 27.4 Å². The fraction of sp³-hybridized carbons (Fsp3) is 0.118. The van der Waals surface area contributed by atoms with Crippen LogP contribution in [0.2, 0.25) is 5.02 Å². The zero-order chi connectivity index (χ0) is 15.9. The van der Waals surface area contributed by atoms with E-state index < -0.39 is 5.97 Å². The number of methoxy groups -OCH3 is 1. The maximum atomic E-state index is 11.7. The maximum absolute atomic E-state index is 11.7. The van der Waals surface area contributed by atoms with E-state index >= 15 is 0 Å². The summed E-state index contributed by atoms with van der Waals surface area (Å²) < 4.78 is 7.19. The lowest BCUT2D eigenvalue weighted by Gasteiger charge is -2.10. The number of halogens is 1. The van der Waals surface area contributed by atoms with Gasteiger partial charge in [-0.25, -0.2) is 4.79 Å². The largest absolute Gasteiger partial charge is 0.496 e. The van der Waals surface area contributed by atoms with E-state index in [4.69, 9.17) is 16.3 Å². The molecule has 0 bridgehead atoms. The molecule has 3 rings (SSSR count). The van der Waals surface area contributed by atoms with Crippen molar-refractivity contribution in [1.29, 1.82) is 0 Å². The highest BCUT2D eigenvalue weighted by Crippen LogP contribution is 2.38. The summed E-state index contributed by atoms with van der Waals surface area (Å²) in [4.78, 5) is 11.7.